The maximum absolute atomic E-state index is 12.9. The summed E-state index contributed by atoms with van der Waals surface area (Å²) in [6.45, 7) is 2.76. The monoisotopic (exact) mass is 402 g/mol. The van der Waals surface area contributed by atoms with E-state index in [0.29, 0.717) is 19.5 Å². The Morgan fingerprint density at radius 2 is 1.50 bits per heavy atom. The first-order valence-electron chi connectivity index (χ1n) is 10.4. The number of nitrogens with zero attached hydrogens (tertiary/aromatic N) is 2. The van der Waals surface area contributed by atoms with Crippen molar-refractivity contribution in [3.05, 3.63) is 78.4 Å². The lowest BCUT2D eigenvalue weighted by Gasteiger charge is -2.36. The van der Waals surface area contributed by atoms with Crippen molar-refractivity contribution >= 4 is 28.3 Å². The van der Waals surface area contributed by atoms with Gasteiger partial charge in [-0.05, 0) is 34.9 Å². The minimum absolute atomic E-state index is 0.0316. The van der Waals surface area contributed by atoms with E-state index in [1.165, 1.54) is 0 Å². The third-order valence-corrected chi connectivity index (χ3v) is 5.87. The molecule has 1 fully saturated rings. The zero-order chi connectivity index (χ0) is 20.9. The number of anilines is 1. The first-order chi connectivity index (χ1) is 14.6. The van der Waals surface area contributed by atoms with Crippen LogP contribution < -0.4 is 4.90 Å². The molecule has 3 aromatic rings. The molecule has 1 N–H and O–H groups in total. The molecule has 0 aromatic heterocycles. The van der Waals surface area contributed by atoms with Crippen molar-refractivity contribution in [1.82, 2.24) is 4.90 Å². The van der Waals surface area contributed by atoms with Crippen molar-refractivity contribution in [2.75, 3.05) is 31.1 Å². The number of fused-ring (bicyclic) bond motifs is 1. The van der Waals surface area contributed by atoms with Gasteiger partial charge in [0.15, 0.2) is 0 Å². The van der Waals surface area contributed by atoms with E-state index >= 15 is 0 Å². The summed E-state index contributed by atoms with van der Waals surface area (Å²) in [7, 11) is 0. The van der Waals surface area contributed by atoms with Crippen molar-refractivity contribution in [3.63, 3.8) is 0 Å². The SMILES string of the molecule is O=C(O)[C@@H](CC(=O)N1CCN(c2ccccc2)CC1)Cc1cccc2ccccc12. The van der Waals surface area contributed by atoms with Gasteiger partial charge >= 0.3 is 5.97 Å². The zero-order valence-corrected chi connectivity index (χ0v) is 16.9. The van der Waals surface area contributed by atoms with Crippen LogP contribution in [0.15, 0.2) is 72.8 Å². The summed E-state index contributed by atoms with van der Waals surface area (Å²) in [5.74, 6) is -1.72. The van der Waals surface area contributed by atoms with Gasteiger partial charge in [0.05, 0.1) is 5.92 Å². The second kappa shape index (κ2) is 8.99. The highest BCUT2D eigenvalue weighted by atomic mass is 16.4. The Kier molecular flexibility index (Phi) is 5.98. The van der Waals surface area contributed by atoms with Gasteiger partial charge in [0, 0.05) is 38.3 Å². The Balaban J connectivity index is 1.40. The fraction of sp³-hybridized carbons (Fsp3) is 0.280. The predicted molar refractivity (Wildman–Crippen MR) is 119 cm³/mol. The molecule has 0 bridgehead atoms. The molecular weight excluding hydrogens is 376 g/mol. The number of rotatable bonds is 6. The average Bonchev–Trinajstić information content (AvgIpc) is 2.79. The molecule has 1 atom stereocenters. The van der Waals surface area contributed by atoms with Crippen LogP contribution in [0.25, 0.3) is 10.8 Å². The van der Waals surface area contributed by atoms with Crippen LogP contribution in [0.2, 0.25) is 0 Å². The highest BCUT2D eigenvalue weighted by Gasteiger charge is 2.27. The van der Waals surface area contributed by atoms with Crippen molar-refractivity contribution in [3.8, 4) is 0 Å². The van der Waals surface area contributed by atoms with Crippen LogP contribution in [0.5, 0.6) is 0 Å². The molecule has 30 heavy (non-hydrogen) atoms. The van der Waals surface area contributed by atoms with Gasteiger partial charge in [-0.1, -0.05) is 60.7 Å². The second-order valence-electron chi connectivity index (χ2n) is 7.79. The molecule has 5 nitrogen and oxygen atoms in total. The fourth-order valence-corrected chi connectivity index (χ4v) is 4.18. The van der Waals surface area contributed by atoms with Crippen LogP contribution in [-0.4, -0.2) is 48.1 Å². The largest absolute Gasteiger partial charge is 0.481 e. The molecule has 0 radical (unpaired) electrons. The van der Waals surface area contributed by atoms with Crippen molar-refractivity contribution in [2.45, 2.75) is 12.8 Å². The molecule has 3 aromatic carbocycles. The van der Waals surface area contributed by atoms with Gasteiger partial charge in [-0.15, -0.1) is 0 Å². The number of para-hydroxylation sites is 1. The normalized spacial score (nSPS) is 15.2. The molecular formula is C25H26N2O3. The Hall–Kier alpha value is -3.34. The van der Waals surface area contributed by atoms with Gasteiger partial charge in [-0.3, -0.25) is 9.59 Å². The highest BCUT2D eigenvalue weighted by Crippen LogP contribution is 2.24. The summed E-state index contributed by atoms with van der Waals surface area (Å²) in [5.41, 5.74) is 2.13. The molecule has 1 heterocycles. The van der Waals surface area contributed by atoms with Gasteiger partial charge in [0.1, 0.15) is 0 Å². The fourth-order valence-electron chi connectivity index (χ4n) is 4.18. The number of carboxylic acid groups (broad SMARTS) is 1. The topological polar surface area (TPSA) is 60.9 Å². The highest BCUT2D eigenvalue weighted by molar-refractivity contribution is 5.87. The van der Waals surface area contributed by atoms with Crippen molar-refractivity contribution in [2.24, 2.45) is 5.92 Å². The van der Waals surface area contributed by atoms with E-state index in [-0.39, 0.29) is 12.3 Å². The number of piperazine rings is 1. The van der Waals surface area contributed by atoms with Gasteiger partial charge in [0.25, 0.3) is 0 Å². The quantitative estimate of drug-likeness (QED) is 0.681. The maximum atomic E-state index is 12.9. The maximum Gasteiger partial charge on any atom is 0.307 e. The first kappa shape index (κ1) is 20.0. The van der Waals surface area contributed by atoms with Crippen molar-refractivity contribution < 1.29 is 14.7 Å². The number of carboxylic acids is 1. The number of hydrogen-bond donors (Lipinski definition) is 1. The van der Waals surface area contributed by atoms with E-state index in [4.69, 9.17) is 0 Å². The van der Waals surface area contributed by atoms with E-state index in [2.05, 4.69) is 17.0 Å². The zero-order valence-electron chi connectivity index (χ0n) is 16.9. The van der Waals surface area contributed by atoms with Crippen LogP contribution >= 0.6 is 0 Å². The number of carbonyl (C=O) groups is 2. The average molecular weight is 402 g/mol. The van der Waals surface area contributed by atoms with E-state index in [0.717, 1.165) is 35.1 Å². The van der Waals surface area contributed by atoms with Gasteiger partial charge in [-0.2, -0.15) is 0 Å². The minimum Gasteiger partial charge on any atom is -0.481 e. The van der Waals surface area contributed by atoms with E-state index in [1.807, 2.05) is 60.7 Å². The van der Waals surface area contributed by atoms with Crippen LogP contribution in [0.4, 0.5) is 5.69 Å². The lowest BCUT2D eigenvalue weighted by molar-refractivity contribution is -0.146. The molecule has 154 valence electrons. The van der Waals surface area contributed by atoms with Crippen molar-refractivity contribution in [1.29, 1.82) is 0 Å². The summed E-state index contributed by atoms with van der Waals surface area (Å²) in [5, 5.41) is 11.9. The molecule has 1 aliphatic rings. The Labute approximate surface area is 176 Å². The summed E-state index contributed by atoms with van der Waals surface area (Å²) in [6, 6.07) is 24.0. The molecule has 0 unspecified atom stereocenters. The standard InChI is InChI=1S/C25H26N2O3/c28-24(27-15-13-26(14-16-27)22-10-2-1-3-11-22)18-21(25(29)30)17-20-9-6-8-19-7-4-5-12-23(19)20/h1-12,21H,13-18H2,(H,29,30)/t21-/m1/s1. The van der Waals surface area contributed by atoms with Crippen LogP contribution in [-0.2, 0) is 16.0 Å². The third-order valence-electron chi connectivity index (χ3n) is 5.87. The number of aliphatic carboxylic acids is 1. The summed E-state index contributed by atoms with van der Waals surface area (Å²) < 4.78 is 0. The number of hydrogen-bond acceptors (Lipinski definition) is 3. The molecule has 1 amide bonds. The summed E-state index contributed by atoms with van der Waals surface area (Å²) in [6.07, 6.45) is 0.385. The summed E-state index contributed by atoms with van der Waals surface area (Å²) >= 11 is 0. The smallest absolute Gasteiger partial charge is 0.307 e. The van der Waals surface area contributed by atoms with Gasteiger partial charge in [-0.25, -0.2) is 0 Å². The van der Waals surface area contributed by atoms with E-state index in [1.54, 1.807) is 4.90 Å². The van der Waals surface area contributed by atoms with E-state index in [9.17, 15) is 14.7 Å². The number of amides is 1. The van der Waals surface area contributed by atoms with Gasteiger partial charge < -0.3 is 14.9 Å². The van der Waals surface area contributed by atoms with E-state index < -0.39 is 11.9 Å². The molecule has 0 aliphatic carbocycles. The third kappa shape index (κ3) is 4.46. The number of carbonyl (C=O) groups excluding carboxylic acids is 1. The lowest BCUT2D eigenvalue weighted by atomic mass is 9.92. The minimum atomic E-state index is -0.917. The van der Waals surface area contributed by atoms with Gasteiger partial charge in [0.2, 0.25) is 5.91 Å². The molecule has 5 heteroatoms. The molecule has 1 saturated heterocycles. The summed E-state index contributed by atoms with van der Waals surface area (Å²) in [4.78, 5) is 28.8. The molecule has 1 aliphatic heterocycles. The second-order valence-corrected chi connectivity index (χ2v) is 7.79. The predicted octanol–water partition coefficient (Wildman–Crippen LogP) is 3.82. The van der Waals surface area contributed by atoms with Crippen LogP contribution in [0.1, 0.15) is 12.0 Å². The van der Waals surface area contributed by atoms with Crippen LogP contribution in [0, 0.1) is 5.92 Å². The Bertz CT molecular complexity index is 1020. The molecule has 0 saturated carbocycles. The van der Waals surface area contributed by atoms with Crippen LogP contribution in [0.3, 0.4) is 0 Å². The lowest BCUT2D eigenvalue weighted by Crippen LogP contribution is -2.49. The number of benzene rings is 3. The Morgan fingerprint density at radius 3 is 2.23 bits per heavy atom. The Morgan fingerprint density at radius 1 is 0.833 bits per heavy atom. The molecule has 0 spiro atoms. The molecule has 4 rings (SSSR count). The first-order valence-corrected chi connectivity index (χ1v) is 10.4.